The Morgan fingerprint density at radius 3 is 2.69 bits per heavy atom. The molecule has 0 saturated heterocycles. The molecule has 2 N–H and O–H groups in total. The number of pyridine rings is 1. The Morgan fingerprint density at radius 2 is 1.91 bits per heavy atom. The van der Waals surface area contributed by atoms with Crippen LogP contribution in [-0.2, 0) is 30.9 Å². The van der Waals surface area contributed by atoms with Gasteiger partial charge in [-0.05, 0) is 41.2 Å². The van der Waals surface area contributed by atoms with Crippen LogP contribution in [0.15, 0.2) is 57.9 Å². The summed E-state index contributed by atoms with van der Waals surface area (Å²) in [6.45, 7) is 5.02. The van der Waals surface area contributed by atoms with E-state index in [2.05, 4.69) is 10.3 Å². The SMILES string of the molecule is CC1(C)CC(=O)c2cc(C(=O)NCc3cccc(COCc4ccco4)c3)c(=O)[nH]c2C1. The summed E-state index contributed by atoms with van der Waals surface area (Å²) < 4.78 is 10.9. The second-order valence-corrected chi connectivity index (χ2v) is 8.92. The van der Waals surface area contributed by atoms with Crippen LogP contribution < -0.4 is 10.9 Å². The van der Waals surface area contributed by atoms with E-state index in [0.717, 1.165) is 16.9 Å². The van der Waals surface area contributed by atoms with Gasteiger partial charge in [0.15, 0.2) is 5.78 Å². The molecular formula is C25H26N2O5. The van der Waals surface area contributed by atoms with Crippen molar-refractivity contribution in [3.63, 3.8) is 0 Å². The Balaban J connectivity index is 1.39. The van der Waals surface area contributed by atoms with E-state index in [-0.39, 0.29) is 23.3 Å². The summed E-state index contributed by atoms with van der Waals surface area (Å²) in [5.74, 6) is 0.195. The molecule has 0 saturated carbocycles. The van der Waals surface area contributed by atoms with Crippen molar-refractivity contribution in [3.8, 4) is 0 Å². The third kappa shape index (κ3) is 5.06. The number of rotatable bonds is 7. The van der Waals surface area contributed by atoms with Gasteiger partial charge in [-0.1, -0.05) is 38.1 Å². The minimum atomic E-state index is -0.508. The Hall–Kier alpha value is -3.45. The van der Waals surface area contributed by atoms with Crippen molar-refractivity contribution in [3.05, 3.63) is 92.8 Å². The first-order valence-electron chi connectivity index (χ1n) is 10.6. The van der Waals surface area contributed by atoms with Gasteiger partial charge in [-0.15, -0.1) is 0 Å². The van der Waals surface area contributed by atoms with Crippen molar-refractivity contribution >= 4 is 11.7 Å². The monoisotopic (exact) mass is 434 g/mol. The number of amides is 1. The number of furan rings is 1. The molecule has 7 nitrogen and oxygen atoms in total. The van der Waals surface area contributed by atoms with Crippen LogP contribution in [0.5, 0.6) is 0 Å². The molecule has 2 aromatic heterocycles. The maximum absolute atomic E-state index is 12.7. The van der Waals surface area contributed by atoms with E-state index >= 15 is 0 Å². The lowest BCUT2D eigenvalue weighted by atomic mass is 9.75. The predicted molar refractivity (Wildman–Crippen MR) is 118 cm³/mol. The topological polar surface area (TPSA) is 101 Å². The molecule has 3 aromatic rings. The number of fused-ring (bicyclic) bond motifs is 1. The van der Waals surface area contributed by atoms with Gasteiger partial charge in [-0.25, -0.2) is 0 Å². The molecule has 0 unspecified atom stereocenters. The first-order chi connectivity index (χ1) is 15.3. The number of H-pyrrole nitrogens is 1. The van der Waals surface area contributed by atoms with Crippen LogP contribution in [0.4, 0.5) is 0 Å². The average molecular weight is 434 g/mol. The molecule has 1 aliphatic carbocycles. The van der Waals surface area contributed by atoms with Crippen LogP contribution in [0.2, 0.25) is 0 Å². The van der Waals surface area contributed by atoms with Crippen molar-refractivity contribution < 1.29 is 18.7 Å². The minimum absolute atomic E-state index is 0.0465. The quantitative estimate of drug-likeness (QED) is 0.589. The zero-order valence-electron chi connectivity index (χ0n) is 18.2. The number of carbonyl (C=O) groups excluding carboxylic acids is 2. The smallest absolute Gasteiger partial charge is 0.261 e. The average Bonchev–Trinajstić information content (AvgIpc) is 3.24. The summed E-state index contributed by atoms with van der Waals surface area (Å²) in [5, 5.41) is 2.77. The highest BCUT2D eigenvalue weighted by molar-refractivity contribution is 6.02. The third-order valence-electron chi connectivity index (χ3n) is 5.50. The molecule has 32 heavy (non-hydrogen) atoms. The Labute approximate surface area is 185 Å². The van der Waals surface area contributed by atoms with Crippen molar-refractivity contribution in [2.45, 2.75) is 46.4 Å². The van der Waals surface area contributed by atoms with Crippen LogP contribution in [0, 0.1) is 5.41 Å². The summed E-state index contributed by atoms with van der Waals surface area (Å²) in [5.41, 5.74) is 2.15. The number of benzene rings is 1. The molecule has 1 aliphatic rings. The van der Waals surface area contributed by atoms with Gasteiger partial charge >= 0.3 is 0 Å². The highest BCUT2D eigenvalue weighted by Gasteiger charge is 2.32. The largest absolute Gasteiger partial charge is 0.467 e. The lowest BCUT2D eigenvalue weighted by Crippen LogP contribution is -2.34. The number of hydrogen-bond donors (Lipinski definition) is 2. The molecular weight excluding hydrogens is 408 g/mol. The summed E-state index contributed by atoms with van der Waals surface area (Å²) in [6, 6.07) is 12.7. The summed E-state index contributed by atoms with van der Waals surface area (Å²) >= 11 is 0. The number of aromatic amines is 1. The number of hydrogen-bond acceptors (Lipinski definition) is 5. The lowest BCUT2D eigenvalue weighted by molar-refractivity contribution is 0.0910. The summed E-state index contributed by atoms with van der Waals surface area (Å²) in [7, 11) is 0. The molecule has 1 aromatic carbocycles. The fourth-order valence-electron chi connectivity index (χ4n) is 3.97. The molecule has 1 amide bonds. The lowest BCUT2D eigenvalue weighted by Gasteiger charge is -2.29. The van der Waals surface area contributed by atoms with Crippen LogP contribution in [-0.4, -0.2) is 16.7 Å². The Bertz CT molecular complexity index is 1190. The molecule has 0 radical (unpaired) electrons. The normalized spacial score (nSPS) is 14.8. The van der Waals surface area contributed by atoms with E-state index in [0.29, 0.717) is 37.3 Å². The van der Waals surface area contributed by atoms with Crippen LogP contribution in [0.3, 0.4) is 0 Å². The number of ketones is 1. The molecule has 0 aliphatic heterocycles. The summed E-state index contributed by atoms with van der Waals surface area (Å²) in [6.07, 6.45) is 2.59. The number of Topliss-reactive ketones (excluding diaryl/α,β-unsaturated/α-hetero) is 1. The maximum atomic E-state index is 12.7. The zero-order chi connectivity index (χ0) is 22.7. The second-order valence-electron chi connectivity index (χ2n) is 8.92. The van der Waals surface area contributed by atoms with Gasteiger partial charge in [0.2, 0.25) is 0 Å². The fraction of sp³-hybridized carbons (Fsp3) is 0.320. The van der Waals surface area contributed by atoms with Crippen LogP contribution >= 0.6 is 0 Å². The van der Waals surface area contributed by atoms with Gasteiger partial charge in [0, 0.05) is 24.2 Å². The molecule has 0 atom stereocenters. The number of ether oxygens (including phenoxy) is 1. The highest BCUT2D eigenvalue weighted by Crippen LogP contribution is 2.33. The van der Waals surface area contributed by atoms with Gasteiger partial charge in [-0.3, -0.25) is 14.4 Å². The van der Waals surface area contributed by atoms with Crippen molar-refractivity contribution in [2.75, 3.05) is 0 Å². The molecule has 4 rings (SSSR count). The molecule has 0 spiro atoms. The van der Waals surface area contributed by atoms with Gasteiger partial charge in [-0.2, -0.15) is 0 Å². The zero-order valence-corrected chi connectivity index (χ0v) is 18.2. The van der Waals surface area contributed by atoms with Gasteiger partial charge in [0.25, 0.3) is 11.5 Å². The fourth-order valence-corrected chi connectivity index (χ4v) is 3.97. The van der Waals surface area contributed by atoms with Gasteiger partial charge in [0.1, 0.15) is 17.9 Å². The van der Waals surface area contributed by atoms with Crippen molar-refractivity contribution in [1.29, 1.82) is 0 Å². The number of aromatic nitrogens is 1. The Kier molecular flexibility index (Phi) is 6.10. The van der Waals surface area contributed by atoms with Gasteiger partial charge < -0.3 is 19.5 Å². The van der Waals surface area contributed by atoms with E-state index in [4.69, 9.17) is 9.15 Å². The van der Waals surface area contributed by atoms with E-state index in [1.54, 1.807) is 6.26 Å². The maximum Gasteiger partial charge on any atom is 0.261 e. The van der Waals surface area contributed by atoms with Crippen LogP contribution in [0.25, 0.3) is 0 Å². The van der Waals surface area contributed by atoms with E-state index in [1.165, 1.54) is 6.07 Å². The first kappa shape index (κ1) is 21.8. The highest BCUT2D eigenvalue weighted by atomic mass is 16.5. The Morgan fingerprint density at radius 1 is 1.09 bits per heavy atom. The van der Waals surface area contributed by atoms with Crippen molar-refractivity contribution in [2.24, 2.45) is 5.41 Å². The molecule has 2 heterocycles. The first-order valence-corrected chi connectivity index (χ1v) is 10.6. The van der Waals surface area contributed by atoms with E-state index in [9.17, 15) is 14.4 Å². The summed E-state index contributed by atoms with van der Waals surface area (Å²) in [4.78, 5) is 40.4. The second kappa shape index (κ2) is 8.96. The number of nitrogens with one attached hydrogen (secondary N) is 2. The van der Waals surface area contributed by atoms with Crippen molar-refractivity contribution in [1.82, 2.24) is 10.3 Å². The molecule has 0 fully saturated rings. The standard InChI is InChI=1S/C25H26N2O5/c1-25(2)11-21-19(22(28)12-25)10-20(24(30)27-21)23(29)26-13-16-5-3-6-17(9-16)14-31-15-18-7-4-8-32-18/h3-10H,11-15H2,1-2H3,(H,26,29)(H,27,30). The minimum Gasteiger partial charge on any atom is -0.467 e. The molecule has 0 bridgehead atoms. The predicted octanol–water partition coefficient (Wildman–Crippen LogP) is 3.77. The van der Waals surface area contributed by atoms with Crippen LogP contribution in [0.1, 0.15) is 63.6 Å². The van der Waals surface area contributed by atoms with Gasteiger partial charge in [0.05, 0.1) is 12.9 Å². The third-order valence-corrected chi connectivity index (χ3v) is 5.50. The van der Waals surface area contributed by atoms with E-state index in [1.807, 2.05) is 50.2 Å². The molecule has 166 valence electrons. The van der Waals surface area contributed by atoms with E-state index < -0.39 is 11.5 Å². The number of carbonyl (C=O) groups is 2. The molecule has 7 heteroatoms.